The number of carboxylic acids is 1. The van der Waals surface area contributed by atoms with E-state index in [1.165, 1.54) is 0 Å². The molecular weight excluding hydrogens is 232 g/mol. The van der Waals surface area contributed by atoms with Crippen LogP contribution in [0.3, 0.4) is 0 Å². The molecular formula is C13H22N2O3. The van der Waals surface area contributed by atoms with Crippen LogP contribution in [0.5, 0.6) is 0 Å². The molecule has 2 rings (SSSR count). The molecule has 5 nitrogen and oxygen atoms in total. The van der Waals surface area contributed by atoms with Gasteiger partial charge in [-0.05, 0) is 44.7 Å². The van der Waals surface area contributed by atoms with E-state index in [0.717, 1.165) is 45.3 Å². The maximum Gasteiger partial charge on any atom is 0.305 e. The van der Waals surface area contributed by atoms with Crippen LogP contribution < -0.4 is 5.32 Å². The van der Waals surface area contributed by atoms with Crippen LogP contribution in [-0.2, 0) is 9.59 Å². The summed E-state index contributed by atoms with van der Waals surface area (Å²) in [6, 6.07) is -0.0725. The molecule has 0 radical (unpaired) electrons. The summed E-state index contributed by atoms with van der Waals surface area (Å²) in [5, 5.41) is 12.1. The molecule has 2 fully saturated rings. The first-order valence-corrected chi connectivity index (χ1v) is 6.89. The van der Waals surface area contributed by atoms with Gasteiger partial charge in [0, 0.05) is 19.0 Å². The van der Waals surface area contributed by atoms with E-state index in [0.29, 0.717) is 12.3 Å². The van der Waals surface area contributed by atoms with Crippen LogP contribution in [0.15, 0.2) is 0 Å². The number of nitrogens with zero attached hydrogens (tertiary/aromatic N) is 1. The van der Waals surface area contributed by atoms with Gasteiger partial charge in [-0.15, -0.1) is 0 Å². The Hall–Kier alpha value is -1.10. The quantitative estimate of drug-likeness (QED) is 0.763. The van der Waals surface area contributed by atoms with Crippen LogP contribution in [0.1, 0.15) is 38.5 Å². The van der Waals surface area contributed by atoms with Crippen molar-refractivity contribution in [3.05, 3.63) is 0 Å². The summed E-state index contributed by atoms with van der Waals surface area (Å²) in [5.41, 5.74) is 0. The summed E-state index contributed by atoms with van der Waals surface area (Å²) in [5.74, 6) is -0.0418. The van der Waals surface area contributed by atoms with E-state index in [4.69, 9.17) is 5.11 Å². The fourth-order valence-electron chi connectivity index (χ4n) is 3.01. The van der Waals surface area contributed by atoms with Crippen molar-refractivity contribution in [3.8, 4) is 0 Å². The second-order valence-corrected chi connectivity index (χ2v) is 5.38. The molecule has 0 spiro atoms. The lowest BCUT2D eigenvalue weighted by Gasteiger charge is -2.24. The number of likely N-dealkylation sites (tertiary alicyclic amines) is 1. The van der Waals surface area contributed by atoms with Gasteiger partial charge >= 0.3 is 5.97 Å². The number of aliphatic carboxylic acids is 1. The second-order valence-electron chi connectivity index (χ2n) is 5.38. The number of carboxylic acid groups (broad SMARTS) is 1. The molecule has 0 bridgehead atoms. The number of carbonyl (C=O) groups excluding carboxylic acids is 1. The van der Waals surface area contributed by atoms with Gasteiger partial charge in [0.15, 0.2) is 0 Å². The van der Waals surface area contributed by atoms with Gasteiger partial charge in [-0.3, -0.25) is 9.59 Å². The van der Waals surface area contributed by atoms with Crippen LogP contribution in [0.4, 0.5) is 0 Å². The van der Waals surface area contributed by atoms with Gasteiger partial charge in [-0.25, -0.2) is 0 Å². The molecule has 2 unspecified atom stereocenters. The average Bonchev–Trinajstić information content (AvgIpc) is 2.95. The first-order chi connectivity index (χ1) is 8.66. The fourth-order valence-corrected chi connectivity index (χ4v) is 3.01. The minimum Gasteiger partial charge on any atom is -0.481 e. The molecule has 0 saturated carbocycles. The lowest BCUT2D eigenvalue weighted by Crippen LogP contribution is -2.37. The van der Waals surface area contributed by atoms with Crippen molar-refractivity contribution >= 4 is 11.9 Å². The van der Waals surface area contributed by atoms with Crippen molar-refractivity contribution < 1.29 is 14.7 Å². The molecule has 0 aromatic rings. The smallest absolute Gasteiger partial charge is 0.305 e. The summed E-state index contributed by atoms with van der Waals surface area (Å²) in [7, 11) is 0. The highest BCUT2D eigenvalue weighted by atomic mass is 16.4. The molecule has 2 aliphatic heterocycles. The van der Waals surface area contributed by atoms with E-state index in [2.05, 4.69) is 5.32 Å². The lowest BCUT2D eigenvalue weighted by molar-refractivity contribution is -0.140. The first kappa shape index (κ1) is 13.3. The van der Waals surface area contributed by atoms with E-state index in [1.54, 1.807) is 4.90 Å². The molecule has 102 valence electrons. The minimum atomic E-state index is -0.806. The third kappa shape index (κ3) is 3.45. The summed E-state index contributed by atoms with van der Waals surface area (Å²) in [6.45, 7) is 2.82. The number of carbonyl (C=O) groups is 2. The molecule has 2 heterocycles. The summed E-state index contributed by atoms with van der Waals surface area (Å²) in [4.78, 5) is 24.6. The predicted molar refractivity (Wildman–Crippen MR) is 67.2 cm³/mol. The van der Waals surface area contributed by atoms with Gasteiger partial charge in [-0.1, -0.05) is 0 Å². The zero-order chi connectivity index (χ0) is 13.0. The molecule has 2 atom stereocenters. The monoisotopic (exact) mass is 254 g/mol. The summed E-state index contributed by atoms with van der Waals surface area (Å²) in [6.07, 6.45) is 4.53. The molecule has 18 heavy (non-hydrogen) atoms. The van der Waals surface area contributed by atoms with Gasteiger partial charge in [0.2, 0.25) is 5.91 Å². The van der Waals surface area contributed by atoms with Crippen LogP contribution in [-0.4, -0.2) is 47.6 Å². The second kappa shape index (κ2) is 6.18. The van der Waals surface area contributed by atoms with Gasteiger partial charge in [-0.2, -0.15) is 0 Å². The first-order valence-electron chi connectivity index (χ1n) is 6.89. The van der Waals surface area contributed by atoms with E-state index >= 15 is 0 Å². The standard InChI is InChI=1S/C13H22N2O3/c16-12(4-3-10-5-6-14-9-10)15-7-1-2-11(15)8-13(17)18/h10-11,14H,1-9H2,(H,17,18). The lowest BCUT2D eigenvalue weighted by atomic mass is 10.0. The average molecular weight is 254 g/mol. The molecule has 0 aliphatic carbocycles. The Kier molecular flexibility index (Phi) is 4.58. The highest BCUT2D eigenvalue weighted by molar-refractivity contribution is 5.78. The number of nitrogens with one attached hydrogen (secondary N) is 1. The van der Waals surface area contributed by atoms with Crippen molar-refractivity contribution in [2.45, 2.75) is 44.6 Å². The van der Waals surface area contributed by atoms with E-state index in [9.17, 15) is 9.59 Å². The van der Waals surface area contributed by atoms with Gasteiger partial charge in [0.05, 0.1) is 6.42 Å². The van der Waals surface area contributed by atoms with Gasteiger partial charge < -0.3 is 15.3 Å². The Bertz CT molecular complexity index is 313. The fraction of sp³-hybridized carbons (Fsp3) is 0.846. The summed E-state index contributed by atoms with van der Waals surface area (Å²) >= 11 is 0. The van der Waals surface area contributed by atoms with Crippen LogP contribution in [0.25, 0.3) is 0 Å². The third-order valence-electron chi connectivity index (χ3n) is 4.04. The molecule has 2 saturated heterocycles. The molecule has 2 aliphatic rings. The van der Waals surface area contributed by atoms with Crippen LogP contribution in [0, 0.1) is 5.92 Å². The Morgan fingerprint density at radius 2 is 2.17 bits per heavy atom. The highest BCUT2D eigenvalue weighted by Gasteiger charge is 2.30. The predicted octanol–water partition coefficient (Wildman–Crippen LogP) is 0.842. The molecule has 2 N–H and O–H groups in total. The van der Waals surface area contributed by atoms with Crippen LogP contribution >= 0.6 is 0 Å². The highest BCUT2D eigenvalue weighted by Crippen LogP contribution is 2.23. The SMILES string of the molecule is O=C(O)CC1CCCN1C(=O)CCC1CCNC1. The number of hydrogen-bond donors (Lipinski definition) is 2. The van der Waals surface area contributed by atoms with Crippen molar-refractivity contribution in [2.75, 3.05) is 19.6 Å². The normalized spacial score (nSPS) is 27.7. The van der Waals surface area contributed by atoms with Crippen molar-refractivity contribution in [1.82, 2.24) is 10.2 Å². The maximum absolute atomic E-state index is 12.1. The van der Waals surface area contributed by atoms with E-state index in [-0.39, 0.29) is 18.4 Å². The Morgan fingerprint density at radius 3 is 2.83 bits per heavy atom. The third-order valence-corrected chi connectivity index (χ3v) is 4.04. The number of rotatable bonds is 5. The summed E-state index contributed by atoms with van der Waals surface area (Å²) < 4.78 is 0. The Morgan fingerprint density at radius 1 is 1.33 bits per heavy atom. The van der Waals surface area contributed by atoms with Gasteiger partial charge in [0.25, 0.3) is 0 Å². The van der Waals surface area contributed by atoms with Crippen molar-refractivity contribution in [2.24, 2.45) is 5.92 Å². The zero-order valence-corrected chi connectivity index (χ0v) is 10.7. The molecule has 5 heteroatoms. The Balaban J connectivity index is 1.77. The van der Waals surface area contributed by atoms with Crippen molar-refractivity contribution in [3.63, 3.8) is 0 Å². The number of hydrogen-bond acceptors (Lipinski definition) is 3. The molecule has 0 aromatic heterocycles. The molecule has 1 amide bonds. The number of amides is 1. The topological polar surface area (TPSA) is 69.6 Å². The van der Waals surface area contributed by atoms with E-state index < -0.39 is 5.97 Å². The maximum atomic E-state index is 12.1. The van der Waals surface area contributed by atoms with E-state index in [1.807, 2.05) is 0 Å². The molecule has 0 aromatic carbocycles. The zero-order valence-electron chi connectivity index (χ0n) is 10.7. The van der Waals surface area contributed by atoms with Crippen molar-refractivity contribution in [1.29, 1.82) is 0 Å². The van der Waals surface area contributed by atoms with Gasteiger partial charge in [0.1, 0.15) is 0 Å². The largest absolute Gasteiger partial charge is 0.481 e. The van der Waals surface area contributed by atoms with Crippen LogP contribution in [0.2, 0.25) is 0 Å². The minimum absolute atomic E-state index is 0.0725. The Labute approximate surface area is 108 Å².